The van der Waals surface area contributed by atoms with Crippen molar-refractivity contribution in [3.05, 3.63) is 59.2 Å². The van der Waals surface area contributed by atoms with Gasteiger partial charge in [0.2, 0.25) is 0 Å². The number of aryl methyl sites for hydroxylation is 1. The Balaban J connectivity index is 1.51. The Morgan fingerprint density at radius 2 is 2.00 bits per heavy atom. The third kappa shape index (κ3) is 2.55. The smallest absolute Gasteiger partial charge is 0.0837 e. The largest absolute Gasteiger partial charge is 0.411 e. The highest BCUT2D eigenvalue weighted by Gasteiger charge is 2.56. The summed E-state index contributed by atoms with van der Waals surface area (Å²) in [7, 11) is 2.30. The number of hydrogen-bond acceptors (Lipinski definition) is 3. The molecule has 0 aromatic heterocycles. The Morgan fingerprint density at radius 1 is 1.15 bits per heavy atom. The summed E-state index contributed by atoms with van der Waals surface area (Å²) in [6.45, 7) is 4.41. The van der Waals surface area contributed by atoms with E-state index >= 15 is 0 Å². The zero-order valence-corrected chi connectivity index (χ0v) is 16.3. The number of benzene rings is 2. The molecule has 1 spiro atoms. The molecule has 2 fully saturated rings. The second-order valence-electron chi connectivity index (χ2n) is 8.94. The summed E-state index contributed by atoms with van der Waals surface area (Å²) < 4.78 is 0. The fraction of sp³-hybridized carbons (Fsp3) is 0.458. The van der Waals surface area contributed by atoms with Crippen LogP contribution in [-0.2, 0) is 6.42 Å². The molecule has 1 heterocycles. The number of fused-ring (bicyclic) bond motifs is 2. The van der Waals surface area contributed by atoms with Crippen LogP contribution in [0.25, 0.3) is 11.1 Å². The van der Waals surface area contributed by atoms with Crippen LogP contribution in [0, 0.1) is 11.3 Å². The maximum atomic E-state index is 9.07. The minimum atomic E-state index is 0.540. The van der Waals surface area contributed by atoms with Gasteiger partial charge in [0.15, 0.2) is 0 Å². The quantitative estimate of drug-likeness (QED) is 0.469. The summed E-state index contributed by atoms with van der Waals surface area (Å²) in [5, 5.41) is 12.4. The lowest BCUT2D eigenvalue weighted by Gasteiger charge is -2.41. The Morgan fingerprint density at radius 3 is 2.85 bits per heavy atom. The Kier molecular flexibility index (Phi) is 3.90. The SMILES string of the molecule is CC(=NO)c1cccc(-c2ccc3c(c2)CCC24CN(C)CC2CCC34)c1. The van der Waals surface area contributed by atoms with Crippen molar-refractivity contribution in [3.63, 3.8) is 0 Å². The molecule has 140 valence electrons. The second-order valence-corrected chi connectivity index (χ2v) is 8.94. The van der Waals surface area contributed by atoms with Crippen LogP contribution >= 0.6 is 0 Å². The minimum Gasteiger partial charge on any atom is -0.411 e. The fourth-order valence-corrected chi connectivity index (χ4v) is 6.30. The maximum absolute atomic E-state index is 9.07. The van der Waals surface area contributed by atoms with Gasteiger partial charge in [0.05, 0.1) is 5.71 Å². The molecule has 1 saturated carbocycles. The van der Waals surface area contributed by atoms with Gasteiger partial charge < -0.3 is 10.1 Å². The molecule has 1 aliphatic heterocycles. The van der Waals surface area contributed by atoms with Crippen molar-refractivity contribution in [1.82, 2.24) is 4.90 Å². The molecule has 2 aromatic rings. The molecular weight excluding hydrogens is 332 g/mol. The van der Waals surface area contributed by atoms with Gasteiger partial charge in [-0.05, 0) is 90.8 Å². The van der Waals surface area contributed by atoms with E-state index in [0.717, 1.165) is 17.4 Å². The van der Waals surface area contributed by atoms with Gasteiger partial charge in [0, 0.05) is 13.1 Å². The zero-order chi connectivity index (χ0) is 18.6. The third-order valence-electron chi connectivity index (χ3n) is 7.55. The van der Waals surface area contributed by atoms with Crippen molar-refractivity contribution in [1.29, 1.82) is 0 Å². The average molecular weight is 361 g/mol. The van der Waals surface area contributed by atoms with E-state index in [2.05, 4.69) is 47.4 Å². The number of rotatable bonds is 2. The molecule has 0 radical (unpaired) electrons. The summed E-state index contributed by atoms with van der Waals surface area (Å²) in [6.07, 6.45) is 5.32. The first-order valence-corrected chi connectivity index (χ1v) is 10.2. The van der Waals surface area contributed by atoms with Crippen molar-refractivity contribution >= 4 is 5.71 Å². The molecule has 1 N–H and O–H groups in total. The highest BCUT2D eigenvalue weighted by atomic mass is 16.4. The van der Waals surface area contributed by atoms with Gasteiger partial charge in [0.1, 0.15) is 0 Å². The van der Waals surface area contributed by atoms with Crippen LogP contribution < -0.4 is 0 Å². The van der Waals surface area contributed by atoms with Crippen molar-refractivity contribution in [2.45, 2.75) is 38.5 Å². The van der Waals surface area contributed by atoms with Crippen molar-refractivity contribution in [3.8, 4) is 11.1 Å². The number of oxime groups is 1. The first kappa shape index (κ1) is 17.0. The maximum Gasteiger partial charge on any atom is 0.0837 e. The molecule has 3 unspecified atom stereocenters. The second kappa shape index (κ2) is 6.20. The van der Waals surface area contributed by atoms with Gasteiger partial charge in [-0.1, -0.05) is 41.6 Å². The van der Waals surface area contributed by atoms with Crippen molar-refractivity contribution in [2.24, 2.45) is 16.5 Å². The van der Waals surface area contributed by atoms with E-state index in [-0.39, 0.29) is 0 Å². The van der Waals surface area contributed by atoms with E-state index in [0.29, 0.717) is 11.1 Å². The summed E-state index contributed by atoms with van der Waals surface area (Å²) in [4.78, 5) is 2.56. The van der Waals surface area contributed by atoms with E-state index < -0.39 is 0 Å². The van der Waals surface area contributed by atoms with Gasteiger partial charge in [-0.3, -0.25) is 0 Å². The van der Waals surface area contributed by atoms with E-state index in [1.54, 1.807) is 11.1 Å². The van der Waals surface area contributed by atoms with E-state index in [9.17, 15) is 0 Å². The van der Waals surface area contributed by atoms with Crippen LogP contribution in [0.15, 0.2) is 47.6 Å². The predicted octanol–water partition coefficient (Wildman–Crippen LogP) is 4.92. The molecule has 1 saturated heterocycles. The molecule has 3 nitrogen and oxygen atoms in total. The summed E-state index contributed by atoms with van der Waals surface area (Å²) in [6, 6.07) is 15.4. The number of likely N-dealkylation sites (tertiary alicyclic amines) is 1. The highest BCUT2D eigenvalue weighted by molar-refractivity contribution is 5.99. The van der Waals surface area contributed by atoms with Crippen LogP contribution in [0.5, 0.6) is 0 Å². The third-order valence-corrected chi connectivity index (χ3v) is 7.55. The molecule has 27 heavy (non-hydrogen) atoms. The Hall–Kier alpha value is -2.13. The van der Waals surface area contributed by atoms with Crippen LogP contribution in [0.2, 0.25) is 0 Å². The normalized spacial score (nSPS) is 30.1. The van der Waals surface area contributed by atoms with Crippen LogP contribution in [0.1, 0.15) is 48.8 Å². The molecule has 3 atom stereocenters. The number of hydrogen-bond donors (Lipinski definition) is 1. The first-order valence-electron chi connectivity index (χ1n) is 10.2. The summed E-state index contributed by atoms with van der Waals surface area (Å²) in [5.41, 5.74) is 7.80. The van der Waals surface area contributed by atoms with Gasteiger partial charge in [-0.25, -0.2) is 0 Å². The van der Waals surface area contributed by atoms with Crippen LogP contribution in [0.3, 0.4) is 0 Å². The Labute approximate surface area is 161 Å². The van der Waals surface area contributed by atoms with E-state index in [1.807, 2.05) is 19.1 Å². The van der Waals surface area contributed by atoms with E-state index in [1.165, 1.54) is 49.9 Å². The van der Waals surface area contributed by atoms with Crippen LogP contribution in [-0.4, -0.2) is 36.0 Å². The predicted molar refractivity (Wildman–Crippen MR) is 110 cm³/mol. The lowest BCUT2D eigenvalue weighted by molar-refractivity contribution is 0.190. The zero-order valence-electron chi connectivity index (χ0n) is 16.3. The molecule has 0 bridgehead atoms. The van der Waals surface area contributed by atoms with Crippen LogP contribution in [0.4, 0.5) is 0 Å². The molecule has 3 aliphatic rings. The van der Waals surface area contributed by atoms with Crippen molar-refractivity contribution < 1.29 is 5.21 Å². The topological polar surface area (TPSA) is 35.8 Å². The highest BCUT2D eigenvalue weighted by Crippen LogP contribution is 2.61. The molecule has 0 amide bonds. The summed E-state index contributed by atoms with van der Waals surface area (Å²) >= 11 is 0. The van der Waals surface area contributed by atoms with Gasteiger partial charge in [0.25, 0.3) is 0 Å². The molecule has 5 rings (SSSR count). The van der Waals surface area contributed by atoms with Gasteiger partial charge in [-0.15, -0.1) is 0 Å². The monoisotopic (exact) mass is 360 g/mol. The van der Waals surface area contributed by atoms with Gasteiger partial charge in [-0.2, -0.15) is 0 Å². The van der Waals surface area contributed by atoms with Gasteiger partial charge >= 0.3 is 0 Å². The Bertz CT molecular complexity index is 918. The minimum absolute atomic E-state index is 0.540. The lowest BCUT2D eigenvalue weighted by atomic mass is 9.63. The fourth-order valence-electron chi connectivity index (χ4n) is 6.30. The molecule has 2 aliphatic carbocycles. The molecule has 2 aromatic carbocycles. The van der Waals surface area contributed by atoms with Crippen molar-refractivity contribution in [2.75, 3.05) is 20.1 Å². The molecule has 3 heteroatoms. The average Bonchev–Trinajstić information content (AvgIpc) is 3.20. The standard InChI is InChI=1S/C24H28N2O/c1-16(25-27)17-4-3-5-18(12-17)19-6-8-22-20(13-19)10-11-24-15-26(2)14-21(24)7-9-23(22)24/h3-6,8,12-13,21,23,27H,7,9-11,14-15H2,1-2H3. The summed E-state index contributed by atoms with van der Waals surface area (Å²) in [5.74, 6) is 1.65. The number of nitrogens with zero attached hydrogens (tertiary/aromatic N) is 2. The first-order chi connectivity index (χ1) is 13.1. The lowest BCUT2D eigenvalue weighted by Crippen LogP contribution is -2.36. The van der Waals surface area contributed by atoms with E-state index in [4.69, 9.17) is 5.21 Å². The molecular formula is C24H28N2O.